The first-order chi connectivity index (χ1) is 9.56. The van der Waals surface area contributed by atoms with E-state index in [0.717, 1.165) is 25.2 Å². The Morgan fingerprint density at radius 1 is 1.30 bits per heavy atom. The lowest BCUT2D eigenvalue weighted by atomic mass is 9.78. The van der Waals surface area contributed by atoms with Crippen molar-refractivity contribution in [3.8, 4) is 0 Å². The Labute approximate surface area is 124 Å². The number of fused-ring (bicyclic) bond motifs is 1. The van der Waals surface area contributed by atoms with Crippen molar-refractivity contribution in [1.82, 2.24) is 0 Å². The molecule has 4 N–H and O–H groups in total. The number of amides is 1. The van der Waals surface area contributed by atoms with Crippen LogP contribution in [0.4, 0.5) is 5.69 Å². The molecule has 2 aliphatic rings. The fourth-order valence-corrected chi connectivity index (χ4v) is 3.93. The predicted molar refractivity (Wildman–Crippen MR) is 81.0 cm³/mol. The van der Waals surface area contributed by atoms with E-state index in [4.69, 9.17) is 23.1 Å². The van der Waals surface area contributed by atoms with Crippen molar-refractivity contribution < 1.29 is 4.79 Å². The zero-order valence-corrected chi connectivity index (χ0v) is 12.1. The molecule has 3 atom stereocenters. The highest BCUT2D eigenvalue weighted by molar-refractivity contribution is 6.33. The number of halogens is 1. The van der Waals surface area contributed by atoms with Gasteiger partial charge in [0.15, 0.2) is 0 Å². The Morgan fingerprint density at radius 3 is 2.75 bits per heavy atom. The molecule has 108 valence electrons. The van der Waals surface area contributed by atoms with Gasteiger partial charge in [-0.3, -0.25) is 4.79 Å². The molecule has 2 fully saturated rings. The van der Waals surface area contributed by atoms with Gasteiger partial charge in [-0.2, -0.15) is 0 Å². The smallest absolute Gasteiger partial charge is 0.248 e. The van der Waals surface area contributed by atoms with Crippen molar-refractivity contribution in [2.24, 2.45) is 23.3 Å². The Balaban J connectivity index is 1.82. The van der Waals surface area contributed by atoms with E-state index in [1.807, 2.05) is 6.07 Å². The van der Waals surface area contributed by atoms with Gasteiger partial charge < -0.3 is 16.4 Å². The van der Waals surface area contributed by atoms with Crippen molar-refractivity contribution in [2.75, 3.05) is 18.0 Å². The van der Waals surface area contributed by atoms with Gasteiger partial charge >= 0.3 is 0 Å². The van der Waals surface area contributed by atoms with E-state index in [9.17, 15) is 4.79 Å². The largest absolute Gasteiger partial charge is 0.370 e. The maximum absolute atomic E-state index is 11.2. The van der Waals surface area contributed by atoms with E-state index in [0.29, 0.717) is 28.5 Å². The van der Waals surface area contributed by atoms with Crippen molar-refractivity contribution in [1.29, 1.82) is 0 Å². The molecule has 0 spiro atoms. The summed E-state index contributed by atoms with van der Waals surface area (Å²) in [4.78, 5) is 13.5. The monoisotopic (exact) mass is 293 g/mol. The van der Waals surface area contributed by atoms with Gasteiger partial charge in [0.25, 0.3) is 0 Å². The van der Waals surface area contributed by atoms with Gasteiger partial charge in [0.05, 0.1) is 10.7 Å². The van der Waals surface area contributed by atoms with Gasteiger partial charge in [-0.05, 0) is 42.9 Å². The molecule has 20 heavy (non-hydrogen) atoms. The van der Waals surface area contributed by atoms with E-state index in [1.54, 1.807) is 12.1 Å². The van der Waals surface area contributed by atoms with Gasteiger partial charge in [-0.1, -0.05) is 18.0 Å². The molecule has 4 nitrogen and oxygen atoms in total. The molecule has 0 aromatic heterocycles. The Hall–Kier alpha value is -1.26. The minimum Gasteiger partial charge on any atom is -0.370 e. The highest BCUT2D eigenvalue weighted by atomic mass is 35.5. The molecule has 0 radical (unpaired) electrons. The normalized spacial score (nSPS) is 29.3. The number of carbonyl (C=O) groups excluding carboxylic acids is 1. The molecule has 3 unspecified atom stereocenters. The van der Waals surface area contributed by atoms with E-state index in [2.05, 4.69) is 4.90 Å². The predicted octanol–water partition coefficient (Wildman–Crippen LogP) is 2.00. The van der Waals surface area contributed by atoms with Gasteiger partial charge in [-0.25, -0.2) is 0 Å². The lowest BCUT2D eigenvalue weighted by molar-refractivity contribution is 0.100. The number of anilines is 1. The SMILES string of the molecule is NC(=O)c1ccc(N2CC3CCCC(N)C3C2)c(Cl)c1. The van der Waals surface area contributed by atoms with Gasteiger partial charge in [-0.15, -0.1) is 0 Å². The molecular weight excluding hydrogens is 274 g/mol. The molecule has 1 amide bonds. The average Bonchev–Trinajstić information content (AvgIpc) is 2.83. The minimum atomic E-state index is -0.449. The molecule has 1 saturated heterocycles. The lowest BCUT2D eigenvalue weighted by Crippen LogP contribution is -2.38. The summed E-state index contributed by atoms with van der Waals surface area (Å²) in [5.41, 5.74) is 12.9. The van der Waals surface area contributed by atoms with Crippen LogP contribution in [0.3, 0.4) is 0 Å². The van der Waals surface area contributed by atoms with Crippen LogP contribution in [0.5, 0.6) is 0 Å². The van der Waals surface area contributed by atoms with E-state index >= 15 is 0 Å². The standard InChI is InChI=1S/C15H20ClN3O/c16-12-6-9(15(18)20)4-5-14(12)19-7-10-2-1-3-13(17)11(10)8-19/h4-6,10-11,13H,1-3,7-8,17H2,(H2,18,20). The highest BCUT2D eigenvalue weighted by Gasteiger charge is 2.39. The summed E-state index contributed by atoms with van der Waals surface area (Å²) in [5, 5.41) is 0.591. The summed E-state index contributed by atoms with van der Waals surface area (Å²) >= 11 is 6.31. The van der Waals surface area contributed by atoms with Crippen molar-refractivity contribution in [3.05, 3.63) is 28.8 Å². The summed E-state index contributed by atoms with van der Waals surface area (Å²) in [6.07, 6.45) is 3.61. The quantitative estimate of drug-likeness (QED) is 0.876. The number of carbonyl (C=O) groups is 1. The first kappa shape index (κ1) is 13.7. The molecule has 1 aromatic carbocycles. The summed E-state index contributed by atoms with van der Waals surface area (Å²) in [7, 11) is 0. The molecule has 0 bridgehead atoms. The fourth-order valence-electron chi connectivity index (χ4n) is 3.63. The van der Waals surface area contributed by atoms with Crippen LogP contribution in [0.25, 0.3) is 0 Å². The van der Waals surface area contributed by atoms with Crippen molar-refractivity contribution in [2.45, 2.75) is 25.3 Å². The molecule has 1 aliphatic heterocycles. The number of rotatable bonds is 2. The molecule has 1 saturated carbocycles. The third kappa shape index (κ3) is 2.38. The maximum atomic E-state index is 11.2. The summed E-state index contributed by atoms with van der Waals surface area (Å²) in [5.74, 6) is 0.789. The molecule has 3 rings (SSSR count). The number of primary amides is 1. The summed E-state index contributed by atoms with van der Waals surface area (Å²) in [6, 6.07) is 5.60. The Bertz CT molecular complexity index is 534. The Kier molecular flexibility index (Phi) is 3.61. The molecule has 1 aromatic rings. The topological polar surface area (TPSA) is 72.4 Å². The van der Waals surface area contributed by atoms with Crippen LogP contribution in [0, 0.1) is 11.8 Å². The number of nitrogens with two attached hydrogens (primary N) is 2. The second kappa shape index (κ2) is 5.26. The fraction of sp³-hybridized carbons (Fsp3) is 0.533. The van der Waals surface area contributed by atoms with Crippen LogP contribution in [0.1, 0.15) is 29.6 Å². The van der Waals surface area contributed by atoms with Crippen LogP contribution < -0.4 is 16.4 Å². The van der Waals surface area contributed by atoms with Gasteiger partial charge in [0.1, 0.15) is 0 Å². The number of hydrogen-bond acceptors (Lipinski definition) is 3. The van der Waals surface area contributed by atoms with E-state index in [-0.39, 0.29) is 0 Å². The van der Waals surface area contributed by atoms with Crippen LogP contribution in [0.2, 0.25) is 5.02 Å². The number of nitrogens with zero attached hydrogens (tertiary/aromatic N) is 1. The van der Waals surface area contributed by atoms with Crippen LogP contribution in [-0.4, -0.2) is 25.0 Å². The first-order valence-electron chi connectivity index (χ1n) is 7.16. The van der Waals surface area contributed by atoms with E-state index in [1.165, 1.54) is 12.8 Å². The zero-order chi connectivity index (χ0) is 14.3. The van der Waals surface area contributed by atoms with Crippen LogP contribution in [-0.2, 0) is 0 Å². The average molecular weight is 294 g/mol. The van der Waals surface area contributed by atoms with Gasteiger partial charge in [0, 0.05) is 24.7 Å². The summed E-state index contributed by atoms with van der Waals surface area (Å²) < 4.78 is 0. The van der Waals surface area contributed by atoms with Gasteiger partial charge in [0.2, 0.25) is 5.91 Å². The third-order valence-electron chi connectivity index (χ3n) is 4.73. The lowest BCUT2D eigenvalue weighted by Gasteiger charge is -2.29. The minimum absolute atomic E-state index is 0.308. The number of benzene rings is 1. The second-order valence-corrected chi connectivity index (χ2v) is 6.36. The van der Waals surface area contributed by atoms with Crippen molar-refractivity contribution in [3.63, 3.8) is 0 Å². The third-order valence-corrected chi connectivity index (χ3v) is 5.03. The maximum Gasteiger partial charge on any atom is 0.248 e. The second-order valence-electron chi connectivity index (χ2n) is 5.95. The van der Waals surface area contributed by atoms with Crippen LogP contribution >= 0.6 is 11.6 Å². The first-order valence-corrected chi connectivity index (χ1v) is 7.54. The molecule has 1 aliphatic carbocycles. The molecule has 1 heterocycles. The molecule has 5 heteroatoms. The Morgan fingerprint density at radius 2 is 2.10 bits per heavy atom. The highest BCUT2D eigenvalue weighted by Crippen LogP contribution is 2.39. The molecular formula is C15H20ClN3O. The van der Waals surface area contributed by atoms with E-state index < -0.39 is 5.91 Å². The summed E-state index contributed by atoms with van der Waals surface area (Å²) in [6.45, 7) is 1.97. The number of hydrogen-bond donors (Lipinski definition) is 2. The van der Waals surface area contributed by atoms with Crippen LogP contribution in [0.15, 0.2) is 18.2 Å². The van der Waals surface area contributed by atoms with Crippen molar-refractivity contribution >= 4 is 23.2 Å². The zero-order valence-electron chi connectivity index (χ0n) is 11.4.